The lowest BCUT2D eigenvalue weighted by molar-refractivity contribution is 0.100. The van der Waals surface area contributed by atoms with Crippen LogP contribution in [-0.4, -0.2) is 23.5 Å². The van der Waals surface area contributed by atoms with Crippen molar-refractivity contribution < 1.29 is 4.79 Å². The number of nitrogens with one attached hydrogen (secondary N) is 1. The van der Waals surface area contributed by atoms with Gasteiger partial charge in [-0.3, -0.25) is 4.79 Å². The fourth-order valence-electron chi connectivity index (χ4n) is 1.61. The second-order valence-corrected chi connectivity index (χ2v) is 4.80. The Morgan fingerprint density at radius 3 is 2.67 bits per heavy atom. The molecule has 1 aliphatic heterocycles. The Bertz CT molecular complexity index is 344. The van der Waals surface area contributed by atoms with Crippen LogP contribution in [0.15, 0.2) is 24.3 Å². The molecule has 1 aromatic rings. The smallest absolute Gasteiger partial charge is 0.248 e. The molecule has 3 nitrogen and oxygen atoms in total. The Hall–Kier alpha value is -1.16. The van der Waals surface area contributed by atoms with Gasteiger partial charge < -0.3 is 11.1 Å². The number of benzene rings is 1. The first kappa shape index (κ1) is 10.4. The van der Waals surface area contributed by atoms with Crippen LogP contribution in [0.5, 0.6) is 0 Å². The van der Waals surface area contributed by atoms with Gasteiger partial charge in [0.05, 0.1) is 0 Å². The molecule has 0 aromatic heterocycles. The van der Waals surface area contributed by atoms with Crippen molar-refractivity contribution in [1.29, 1.82) is 0 Å². The molecule has 0 aliphatic carbocycles. The van der Waals surface area contributed by atoms with Crippen molar-refractivity contribution in [2.75, 3.05) is 16.8 Å². The predicted octanol–water partition coefficient (Wildman–Crippen LogP) is 1.70. The van der Waals surface area contributed by atoms with Crippen LogP contribution in [0.4, 0.5) is 5.69 Å². The number of amides is 1. The zero-order chi connectivity index (χ0) is 10.7. The summed E-state index contributed by atoms with van der Waals surface area (Å²) in [6.45, 7) is 0. The first-order chi connectivity index (χ1) is 7.25. The maximum absolute atomic E-state index is 10.9. The largest absolute Gasteiger partial charge is 0.381 e. The van der Waals surface area contributed by atoms with Gasteiger partial charge in [-0.1, -0.05) is 0 Å². The summed E-state index contributed by atoms with van der Waals surface area (Å²) in [5.74, 6) is 2.02. The molecule has 1 atom stereocenters. The lowest BCUT2D eigenvalue weighted by atomic mass is 10.2. The minimum absolute atomic E-state index is 0.377. The van der Waals surface area contributed by atoms with Gasteiger partial charge in [-0.15, -0.1) is 0 Å². The number of thioether (sulfide) groups is 1. The van der Waals surface area contributed by atoms with Crippen LogP contribution in [0.25, 0.3) is 0 Å². The van der Waals surface area contributed by atoms with Crippen molar-refractivity contribution in [3.63, 3.8) is 0 Å². The fraction of sp³-hybridized carbons (Fsp3) is 0.364. The van der Waals surface area contributed by atoms with Gasteiger partial charge in [0.15, 0.2) is 0 Å². The van der Waals surface area contributed by atoms with Crippen LogP contribution >= 0.6 is 11.8 Å². The van der Waals surface area contributed by atoms with E-state index in [-0.39, 0.29) is 5.91 Å². The molecule has 1 aromatic carbocycles. The highest BCUT2D eigenvalue weighted by molar-refractivity contribution is 7.99. The Labute approximate surface area is 93.4 Å². The third-order valence-corrected chi connectivity index (χ3v) is 3.63. The highest BCUT2D eigenvalue weighted by atomic mass is 32.2. The van der Waals surface area contributed by atoms with Crippen molar-refractivity contribution in [2.24, 2.45) is 5.73 Å². The number of anilines is 1. The fourth-order valence-corrected chi connectivity index (χ4v) is 2.77. The zero-order valence-electron chi connectivity index (χ0n) is 8.40. The van der Waals surface area contributed by atoms with E-state index in [4.69, 9.17) is 5.73 Å². The number of nitrogens with two attached hydrogens (primary N) is 1. The summed E-state index contributed by atoms with van der Waals surface area (Å²) in [6, 6.07) is 7.89. The third-order valence-electron chi connectivity index (χ3n) is 2.47. The Morgan fingerprint density at radius 2 is 2.13 bits per heavy atom. The van der Waals surface area contributed by atoms with E-state index in [0.29, 0.717) is 11.6 Å². The maximum atomic E-state index is 10.9. The number of hydrogen-bond donors (Lipinski definition) is 2. The Balaban J connectivity index is 2.00. The van der Waals surface area contributed by atoms with Crippen molar-refractivity contribution in [3.8, 4) is 0 Å². The molecule has 80 valence electrons. The van der Waals surface area contributed by atoms with E-state index in [1.165, 1.54) is 12.2 Å². The molecule has 1 heterocycles. The number of carbonyl (C=O) groups is 1. The quantitative estimate of drug-likeness (QED) is 0.818. The average molecular weight is 222 g/mol. The van der Waals surface area contributed by atoms with Gasteiger partial charge in [-0.25, -0.2) is 0 Å². The Kier molecular flexibility index (Phi) is 3.16. The monoisotopic (exact) mass is 222 g/mol. The molecule has 3 N–H and O–H groups in total. The molecule has 0 unspecified atom stereocenters. The third kappa shape index (κ3) is 2.65. The molecule has 4 heteroatoms. The van der Waals surface area contributed by atoms with Crippen LogP contribution < -0.4 is 11.1 Å². The van der Waals surface area contributed by atoms with Gasteiger partial charge in [0.1, 0.15) is 0 Å². The molecule has 1 aliphatic rings. The predicted molar refractivity (Wildman–Crippen MR) is 64.3 cm³/mol. The molecule has 0 radical (unpaired) electrons. The first-order valence-electron chi connectivity index (χ1n) is 5.00. The molecule has 1 saturated heterocycles. The standard InChI is InChI=1S/C11H14N2OS/c12-11(14)8-1-3-9(4-2-8)13-10-5-6-15-7-10/h1-4,10,13H,5-7H2,(H2,12,14)/t10-/m0/s1. The van der Waals surface area contributed by atoms with Gasteiger partial charge >= 0.3 is 0 Å². The van der Waals surface area contributed by atoms with Crippen LogP contribution in [0.1, 0.15) is 16.8 Å². The highest BCUT2D eigenvalue weighted by Crippen LogP contribution is 2.21. The van der Waals surface area contributed by atoms with E-state index >= 15 is 0 Å². The minimum Gasteiger partial charge on any atom is -0.381 e. The van der Waals surface area contributed by atoms with Crippen molar-refractivity contribution in [2.45, 2.75) is 12.5 Å². The molecule has 1 amide bonds. The second-order valence-electron chi connectivity index (χ2n) is 3.65. The summed E-state index contributed by atoms with van der Waals surface area (Å²) >= 11 is 1.97. The summed E-state index contributed by atoms with van der Waals surface area (Å²) in [4.78, 5) is 10.9. The molecule has 0 saturated carbocycles. The van der Waals surface area contributed by atoms with E-state index in [0.717, 1.165) is 11.4 Å². The van der Waals surface area contributed by atoms with E-state index in [1.54, 1.807) is 12.1 Å². The van der Waals surface area contributed by atoms with Gasteiger partial charge in [-0.05, 0) is 36.4 Å². The summed E-state index contributed by atoms with van der Waals surface area (Å²) in [5.41, 5.74) is 6.78. The average Bonchev–Trinajstić information content (AvgIpc) is 2.71. The molecular formula is C11H14N2OS. The van der Waals surface area contributed by atoms with Crippen LogP contribution in [-0.2, 0) is 0 Å². The normalized spacial score (nSPS) is 20.1. The van der Waals surface area contributed by atoms with Crippen LogP contribution in [0.2, 0.25) is 0 Å². The van der Waals surface area contributed by atoms with E-state index in [9.17, 15) is 4.79 Å². The van der Waals surface area contributed by atoms with Crippen LogP contribution in [0, 0.1) is 0 Å². The van der Waals surface area contributed by atoms with Crippen molar-refractivity contribution in [3.05, 3.63) is 29.8 Å². The minimum atomic E-state index is -0.377. The van der Waals surface area contributed by atoms with E-state index < -0.39 is 0 Å². The van der Waals surface area contributed by atoms with Gasteiger partial charge in [-0.2, -0.15) is 11.8 Å². The SMILES string of the molecule is NC(=O)c1ccc(N[C@H]2CCSC2)cc1. The topological polar surface area (TPSA) is 55.1 Å². The number of rotatable bonds is 3. The lowest BCUT2D eigenvalue weighted by Crippen LogP contribution is -2.18. The molecule has 0 spiro atoms. The summed E-state index contributed by atoms with van der Waals surface area (Å²) in [5, 5.41) is 3.43. The maximum Gasteiger partial charge on any atom is 0.248 e. The highest BCUT2D eigenvalue weighted by Gasteiger charge is 2.14. The Morgan fingerprint density at radius 1 is 1.40 bits per heavy atom. The number of primary amides is 1. The molecule has 2 rings (SSSR count). The number of hydrogen-bond acceptors (Lipinski definition) is 3. The van der Waals surface area contributed by atoms with E-state index in [2.05, 4.69) is 5.32 Å². The molecule has 1 fully saturated rings. The van der Waals surface area contributed by atoms with Gasteiger partial charge in [0.2, 0.25) is 5.91 Å². The van der Waals surface area contributed by atoms with Crippen LogP contribution in [0.3, 0.4) is 0 Å². The number of carbonyl (C=O) groups excluding carboxylic acids is 1. The second kappa shape index (κ2) is 4.57. The molecule has 0 bridgehead atoms. The summed E-state index contributed by atoms with van der Waals surface area (Å²) in [6.07, 6.45) is 1.21. The first-order valence-corrected chi connectivity index (χ1v) is 6.15. The van der Waals surface area contributed by atoms with Crippen molar-refractivity contribution >= 4 is 23.4 Å². The lowest BCUT2D eigenvalue weighted by Gasteiger charge is -2.12. The zero-order valence-corrected chi connectivity index (χ0v) is 9.22. The summed E-state index contributed by atoms with van der Waals surface area (Å²) < 4.78 is 0. The summed E-state index contributed by atoms with van der Waals surface area (Å²) in [7, 11) is 0. The van der Waals surface area contributed by atoms with Gasteiger partial charge in [0.25, 0.3) is 0 Å². The van der Waals surface area contributed by atoms with E-state index in [1.807, 2.05) is 23.9 Å². The molecular weight excluding hydrogens is 208 g/mol. The van der Waals surface area contributed by atoms with Gasteiger partial charge in [0, 0.05) is 23.0 Å². The van der Waals surface area contributed by atoms with Crippen molar-refractivity contribution in [1.82, 2.24) is 0 Å². The molecule has 15 heavy (non-hydrogen) atoms.